The first-order valence-corrected chi connectivity index (χ1v) is 16.2. The number of aliphatic hydroxyl groups is 1. The Morgan fingerprint density at radius 1 is 1.00 bits per heavy atom. The summed E-state index contributed by atoms with van der Waals surface area (Å²) in [6, 6.07) is 9.82. The number of amides is 4. The molecule has 2 fully saturated rings. The number of likely N-dealkylation sites (N-methyl/N-ethyl adjacent to an activating group) is 1. The molecule has 0 aromatic heterocycles. The fraction of sp³-hybridized carbons (Fsp3) is 0.515. The zero-order valence-corrected chi connectivity index (χ0v) is 27.2. The van der Waals surface area contributed by atoms with Crippen LogP contribution in [0, 0.1) is 0 Å². The van der Waals surface area contributed by atoms with E-state index in [1.807, 2.05) is 13.1 Å². The molecule has 49 heavy (non-hydrogen) atoms. The van der Waals surface area contributed by atoms with Crippen molar-refractivity contribution in [3.8, 4) is 17.2 Å². The average molecular weight is 683 g/mol. The van der Waals surface area contributed by atoms with Gasteiger partial charge in [0.1, 0.15) is 44.9 Å². The van der Waals surface area contributed by atoms with Crippen molar-refractivity contribution in [3.05, 3.63) is 47.5 Å². The lowest BCUT2D eigenvalue weighted by molar-refractivity contribution is -0.187. The molecule has 16 heteroatoms. The van der Waals surface area contributed by atoms with Gasteiger partial charge in [-0.15, -0.1) is 0 Å². The van der Waals surface area contributed by atoms with Crippen molar-refractivity contribution in [1.82, 2.24) is 26.4 Å². The minimum Gasteiger partial charge on any atom is -0.504 e. The Morgan fingerprint density at radius 2 is 1.71 bits per heavy atom. The number of hydrogen-bond acceptors (Lipinski definition) is 12. The largest absolute Gasteiger partial charge is 0.504 e. The highest BCUT2D eigenvalue weighted by atomic mass is 16.5. The molecule has 264 valence electrons. The number of hydrazine groups is 1. The molecule has 8 N–H and O–H groups in total. The minimum atomic E-state index is -1.08. The number of carbonyl (C=O) groups is 4. The van der Waals surface area contributed by atoms with Crippen LogP contribution < -0.4 is 36.7 Å². The first-order valence-electron chi connectivity index (χ1n) is 16.2. The van der Waals surface area contributed by atoms with Gasteiger partial charge in [0.05, 0.1) is 23.6 Å². The number of nitrogens with two attached hydrogens (primary N) is 1. The van der Waals surface area contributed by atoms with E-state index in [-0.39, 0.29) is 31.5 Å². The molecule has 1 saturated carbocycles. The smallest absolute Gasteiger partial charge is 0.264 e. The number of nitrogen functional groups attached to an aromatic ring is 1. The van der Waals surface area contributed by atoms with E-state index in [2.05, 4.69) is 26.4 Å². The molecule has 16 nitrogen and oxygen atoms in total. The summed E-state index contributed by atoms with van der Waals surface area (Å²) in [7, 11) is 2.01. The third-order valence-electron chi connectivity index (χ3n) is 9.90. The lowest BCUT2D eigenvalue weighted by Crippen LogP contribution is -2.77. The van der Waals surface area contributed by atoms with Crippen LogP contribution in [0.4, 0.5) is 5.69 Å². The molecular weight excluding hydrogens is 640 g/mol. The summed E-state index contributed by atoms with van der Waals surface area (Å²) in [5.41, 5.74) is 10.6. The van der Waals surface area contributed by atoms with Gasteiger partial charge in [-0.2, -0.15) is 0 Å². The summed E-state index contributed by atoms with van der Waals surface area (Å²) in [4.78, 5) is 51.1. The molecule has 2 aliphatic heterocycles. The van der Waals surface area contributed by atoms with Crippen molar-refractivity contribution >= 4 is 29.3 Å². The molecule has 2 aromatic rings. The molecule has 2 aliphatic carbocycles. The Labute approximate surface area is 282 Å². The number of rotatable bonds is 13. The molecule has 2 heterocycles. The number of nitrogens with zero attached hydrogens (tertiary/aromatic N) is 1. The topological polar surface area (TPSA) is 223 Å². The van der Waals surface area contributed by atoms with Gasteiger partial charge in [-0.05, 0) is 63.0 Å². The number of phenols is 1. The van der Waals surface area contributed by atoms with Gasteiger partial charge in [0.15, 0.2) is 11.5 Å². The number of ether oxygens (including phenoxy) is 4. The maximum absolute atomic E-state index is 12.9. The van der Waals surface area contributed by atoms with E-state index in [1.54, 1.807) is 30.3 Å². The predicted molar refractivity (Wildman–Crippen MR) is 172 cm³/mol. The minimum absolute atomic E-state index is 0.0124. The molecule has 1 saturated heterocycles. The molecular formula is C33H42N6O10. The SMILES string of the molecule is CN1CC[C@]23c4c5ccc(O)c4O[C@H]2[C@@H](NC(=O)COCC(=O)NNC(=O)COCC(=O)NCCOc2cccc(N)c2)CC[C@@]3(O)[C@H]1C5. The molecule has 0 unspecified atom stereocenters. The van der Waals surface area contributed by atoms with Crippen LogP contribution in [0.15, 0.2) is 36.4 Å². The van der Waals surface area contributed by atoms with E-state index in [1.165, 1.54) is 0 Å². The zero-order valence-electron chi connectivity index (χ0n) is 27.2. The third kappa shape index (κ3) is 6.68. The second-order valence-corrected chi connectivity index (χ2v) is 12.9. The van der Waals surface area contributed by atoms with Crippen LogP contribution in [0.1, 0.15) is 30.4 Å². The van der Waals surface area contributed by atoms with E-state index in [4.69, 9.17) is 24.7 Å². The first-order chi connectivity index (χ1) is 23.5. The Balaban J connectivity index is 0.886. The van der Waals surface area contributed by atoms with Crippen LogP contribution in [0.2, 0.25) is 0 Å². The van der Waals surface area contributed by atoms with Gasteiger partial charge < -0.3 is 50.4 Å². The number of carbonyl (C=O) groups excluding carboxylic acids is 4. The second kappa shape index (κ2) is 14.1. The van der Waals surface area contributed by atoms with Crippen molar-refractivity contribution in [2.45, 2.75) is 54.9 Å². The van der Waals surface area contributed by atoms with Crippen molar-refractivity contribution in [3.63, 3.8) is 0 Å². The summed E-state index contributed by atoms with van der Waals surface area (Å²) >= 11 is 0. The molecule has 1 spiro atoms. The highest BCUT2D eigenvalue weighted by Crippen LogP contribution is 2.65. The number of benzene rings is 2. The quantitative estimate of drug-likeness (QED) is 0.0738. The van der Waals surface area contributed by atoms with Crippen LogP contribution in [0.3, 0.4) is 0 Å². The van der Waals surface area contributed by atoms with Crippen LogP contribution in [0.25, 0.3) is 0 Å². The summed E-state index contributed by atoms with van der Waals surface area (Å²) in [6.07, 6.45) is 1.57. The second-order valence-electron chi connectivity index (χ2n) is 12.9. The maximum atomic E-state index is 12.9. The number of anilines is 1. The summed E-state index contributed by atoms with van der Waals surface area (Å²) in [5, 5.41) is 28.4. The number of piperidine rings is 1. The fourth-order valence-electron chi connectivity index (χ4n) is 7.85. The molecule has 0 radical (unpaired) electrons. The molecule has 5 atom stereocenters. The van der Waals surface area contributed by atoms with E-state index >= 15 is 0 Å². The van der Waals surface area contributed by atoms with Gasteiger partial charge >= 0.3 is 0 Å². The first kappa shape index (κ1) is 34.2. The molecule has 4 aliphatic rings. The number of nitrogens with one attached hydrogen (secondary N) is 4. The van der Waals surface area contributed by atoms with Crippen LogP contribution in [-0.4, -0.2) is 116 Å². The molecule has 6 rings (SSSR count). The number of likely N-dealkylation sites (tertiary alicyclic amines) is 1. The van der Waals surface area contributed by atoms with Gasteiger partial charge in [0.2, 0.25) is 11.8 Å². The van der Waals surface area contributed by atoms with Gasteiger partial charge in [-0.1, -0.05) is 12.1 Å². The average Bonchev–Trinajstić information content (AvgIpc) is 3.43. The lowest BCUT2D eigenvalue weighted by Gasteiger charge is -2.63. The maximum Gasteiger partial charge on any atom is 0.264 e. The molecule has 2 aromatic carbocycles. The van der Waals surface area contributed by atoms with E-state index < -0.39 is 66.6 Å². The summed E-state index contributed by atoms with van der Waals surface area (Å²) in [6.45, 7) is -0.644. The van der Waals surface area contributed by atoms with Crippen LogP contribution >= 0.6 is 0 Å². The van der Waals surface area contributed by atoms with Crippen molar-refractivity contribution in [1.29, 1.82) is 0 Å². The van der Waals surface area contributed by atoms with Gasteiger partial charge in [0.25, 0.3) is 11.8 Å². The monoisotopic (exact) mass is 682 g/mol. The Bertz CT molecular complexity index is 1610. The zero-order chi connectivity index (χ0) is 34.8. The van der Waals surface area contributed by atoms with Gasteiger partial charge in [0, 0.05) is 23.4 Å². The summed E-state index contributed by atoms with van der Waals surface area (Å²) < 4.78 is 22.2. The standard InChI is InChI=1S/C33H42N6O10/c1-39-11-9-32-29-19-5-6-23(40)30(29)49-31(32)22(7-8-33(32,45)24(39)13-19)36-26(42)16-47-18-28(44)38-37-27(43)17-46-15-25(41)35-10-12-48-21-4-2-3-20(34)14-21/h2-6,14,22,24,31,40,45H,7-13,15-18,34H2,1H3,(H,35,41)(H,36,42)(H,37,43)(H,38,44)/t22-,24+,31-,32-,33+/m0/s1. The Kier molecular flexibility index (Phi) is 9.83. The van der Waals surface area contributed by atoms with E-state index in [0.29, 0.717) is 42.9 Å². The normalized spacial score (nSPS) is 26.1. The van der Waals surface area contributed by atoms with E-state index in [9.17, 15) is 29.4 Å². The lowest BCUT2D eigenvalue weighted by atomic mass is 9.48. The highest BCUT2D eigenvalue weighted by Gasteiger charge is 2.72. The number of phenolic OH excluding ortho intramolecular Hbond substituents is 1. The van der Waals surface area contributed by atoms with Crippen molar-refractivity contribution in [2.24, 2.45) is 0 Å². The fourth-order valence-corrected chi connectivity index (χ4v) is 7.85. The number of hydrogen-bond donors (Lipinski definition) is 7. The molecule has 4 amide bonds. The Morgan fingerprint density at radius 3 is 2.45 bits per heavy atom. The predicted octanol–water partition coefficient (Wildman–Crippen LogP) is -1.38. The van der Waals surface area contributed by atoms with Crippen molar-refractivity contribution in [2.75, 3.05) is 58.9 Å². The van der Waals surface area contributed by atoms with Crippen molar-refractivity contribution < 1.29 is 48.3 Å². The third-order valence-corrected chi connectivity index (χ3v) is 9.90. The van der Waals surface area contributed by atoms with Gasteiger partial charge in [-0.25, -0.2) is 0 Å². The summed E-state index contributed by atoms with van der Waals surface area (Å²) in [5.74, 6) is -1.38. The van der Waals surface area contributed by atoms with Crippen LogP contribution in [0.5, 0.6) is 17.2 Å². The van der Waals surface area contributed by atoms with Crippen LogP contribution in [-0.2, 0) is 40.5 Å². The molecule has 2 bridgehead atoms. The Hall–Kier alpha value is -4.64. The highest BCUT2D eigenvalue weighted by molar-refractivity contribution is 5.84. The number of aromatic hydroxyl groups is 1. The van der Waals surface area contributed by atoms with E-state index in [0.717, 1.165) is 17.7 Å². The van der Waals surface area contributed by atoms with Gasteiger partial charge in [-0.3, -0.25) is 30.0 Å².